The van der Waals surface area contributed by atoms with Crippen molar-refractivity contribution in [2.45, 2.75) is 0 Å². The van der Waals surface area contributed by atoms with Crippen LogP contribution in [0.2, 0.25) is 0 Å². The Morgan fingerprint density at radius 3 is 2.27 bits per heavy atom. The van der Waals surface area contributed by atoms with Gasteiger partial charge in [0.25, 0.3) is 0 Å². The molecular formula is C9H9O5P. The first-order chi connectivity index (χ1) is 6.93. The Bertz CT molecular complexity index is 417. The van der Waals surface area contributed by atoms with Crippen LogP contribution in [-0.4, -0.2) is 15.8 Å². The van der Waals surface area contributed by atoms with E-state index in [-0.39, 0.29) is 11.1 Å². The fourth-order valence-electron chi connectivity index (χ4n) is 0.866. The predicted molar refractivity (Wildman–Crippen MR) is 54.0 cm³/mol. The van der Waals surface area contributed by atoms with E-state index in [0.29, 0.717) is 0 Å². The Balaban J connectivity index is 2.86. The summed E-state index contributed by atoms with van der Waals surface area (Å²) in [5, 5.41) is -0.124. The molecule has 0 radical (unpaired) electrons. The van der Waals surface area contributed by atoms with Gasteiger partial charge in [0.1, 0.15) is 5.75 Å². The Hall–Kier alpha value is -1.42. The van der Waals surface area contributed by atoms with Gasteiger partial charge in [-0.25, -0.2) is 4.79 Å². The quantitative estimate of drug-likeness (QED) is 0.342. The molecule has 0 aliphatic heterocycles. The van der Waals surface area contributed by atoms with Crippen LogP contribution in [0.1, 0.15) is 0 Å². The van der Waals surface area contributed by atoms with Gasteiger partial charge in [-0.3, -0.25) is 4.57 Å². The summed E-state index contributed by atoms with van der Waals surface area (Å²) >= 11 is 0. The molecule has 80 valence electrons. The van der Waals surface area contributed by atoms with Crippen molar-refractivity contribution in [3.8, 4) is 5.75 Å². The molecule has 15 heavy (non-hydrogen) atoms. The second-order valence-corrected chi connectivity index (χ2v) is 4.27. The third kappa shape index (κ3) is 3.32. The predicted octanol–water partition coefficient (Wildman–Crippen LogP) is 0.581. The molecule has 0 amide bonds. The van der Waals surface area contributed by atoms with E-state index >= 15 is 0 Å². The zero-order valence-corrected chi connectivity index (χ0v) is 8.55. The molecule has 5 nitrogen and oxygen atoms in total. The summed E-state index contributed by atoms with van der Waals surface area (Å²) in [6.07, 6.45) is 0.997. The fraction of sp³-hybridized carbons (Fsp3) is 0. The number of carbonyl (C=O) groups excluding carboxylic acids is 1. The van der Waals surface area contributed by atoms with E-state index < -0.39 is 13.6 Å². The largest absolute Gasteiger partial charge is 0.423 e. The van der Waals surface area contributed by atoms with Crippen LogP contribution in [0.5, 0.6) is 5.75 Å². The molecular weight excluding hydrogens is 219 g/mol. The van der Waals surface area contributed by atoms with E-state index in [1.807, 2.05) is 0 Å². The summed E-state index contributed by atoms with van der Waals surface area (Å²) in [7, 11) is -4.24. The van der Waals surface area contributed by atoms with Crippen molar-refractivity contribution >= 4 is 18.9 Å². The van der Waals surface area contributed by atoms with Crippen LogP contribution >= 0.6 is 7.60 Å². The van der Waals surface area contributed by atoms with Crippen LogP contribution in [0.3, 0.4) is 0 Å². The van der Waals surface area contributed by atoms with Crippen molar-refractivity contribution in [3.63, 3.8) is 0 Å². The molecule has 0 aliphatic carbocycles. The number of ether oxygens (including phenoxy) is 1. The minimum Gasteiger partial charge on any atom is -0.423 e. The van der Waals surface area contributed by atoms with E-state index in [0.717, 1.165) is 6.08 Å². The molecule has 1 aromatic rings. The average molecular weight is 228 g/mol. The molecule has 0 aromatic heterocycles. The van der Waals surface area contributed by atoms with Crippen LogP contribution in [0.25, 0.3) is 0 Å². The summed E-state index contributed by atoms with van der Waals surface area (Å²) in [4.78, 5) is 28.4. The molecule has 0 bridgehead atoms. The molecule has 0 spiro atoms. The second-order valence-electron chi connectivity index (χ2n) is 2.66. The third-order valence-corrected chi connectivity index (χ3v) is 2.53. The standard InChI is InChI=1S/C9H9O5P/c1-2-9(10)14-7-3-5-8(6-4-7)15(11,12)13/h2-6H,1H2,(H2,11,12,13). The molecule has 0 heterocycles. The molecule has 0 fully saturated rings. The maximum absolute atomic E-state index is 10.8. The summed E-state index contributed by atoms with van der Waals surface area (Å²) in [6, 6.07) is 5.00. The molecule has 0 saturated heterocycles. The van der Waals surface area contributed by atoms with Crippen molar-refractivity contribution in [3.05, 3.63) is 36.9 Å². The minimum atomic E-state index is -4.24. The average Bonchev–Trinajstić information content (AvgIpc) is 2.17. The van der Waals surface area contributed by atoms with Crippen LogP contribution in [0, 0.1) is 0 Å². The van der Waals surface area contributed by atoms with Gasteiger partial charge in [0.05, 0.1) is 5.30 Å². The highest BCUT2D eigenvalue weighted by molar-refractivity contribution is 7.60. The zero-order valence-electron chi connectivity index (χ0n) is 7.66. The van der Waals surface area contributed by atoms with Gasteiger partial charge in [-0.2, -0.15) is 0 Å². The molecule has 0 unspecified atom stereocenters. The Morgan fingerprint density at radius 1 is 1.33 bits per heavy atom. The lowest BCUT2D eigenvalue weighted by Gasteiger charge is -2.05. The molecule has 6 heteroatoms. The van der Waals surface area contributed by atoms with Gasteiger partial charge in [-0.05, 0) is 24.3 Å². The Labute approximate surface area is 86.2 Å². The van der Waals surface area contributed by atoms with Gasteiger partial charge in [-0.15, -0.1) is 0 Å². The van der Waals surface area contributed by atoms with E-state index in [2.05, 4.69) is 6.58 Å². The van der Waals surface area contributed by atoms with Gasteiger partial charge in [0.2, 0.25) is 0 Å². The number of carbonyl (C=O) groups is 1. The first kappa shape index (κ1) is 11.7. The van der Waals surface area contributed by atoms with Crippen LogP contribution in [0.4, 0.5) is 0 Å². The van der Waals surface area contributed by atoms with Crippen molar-refractivity contribution in [2.24, 2.45) is 0 Å². The summed E-state index contributed by atoms with van der Waals surface area (Å²) in [5.74, 6) is -0.420. The molecule has 0 aliphatic rings. The summed E-state index contributed by atoms with van der Waals surface area (Å²) < 4.78 is 15.5. The summed E-state index contributed by atoms with van der Waals surface area (Å²) in [5.41, 5.74) is 0. The van der Waals surface area contributed by atoms with E-state index in [1.165, 1.54) is 24.3 Å². The number of esters is 1. The molecule has 0 atom stereocenters. The van der Waals surface area contributed by atoms with E-state index in [4.69, 9.17) is 14.5 Å². The SMILES string of the molecule is C=CC(=O)Oc1ccc(P(=O)(O)O)cc1. The van der Waals surface area contributed by atoms with Crippen molar-refractivity contribution in [1.29, 1.82) is 0 Å². The number of hydrogen-bond acceptors (Lipinski definition) is 3. The van der Waals surface area contributed by atoms with E-state index in [9.17, 15) is 9.36 Å². The maximum atomic E-state index is 10.8. The number of hydrogen-bond donors (Lipinski definition) is 2. The monoisotopic (exact) mass is 228 g/mol. The molecule has 0 saturated carbocycles. The summed E-state index contributed by atoms with van der Waals surface area (Å²) in [6.45, 7) is 3.21. The van der Waals surface area contributed by atoms with Gasteiger partial charge >= 0.3 is 13.6 Å². The number of benzene rings is 1. The first-order valence-electron chi connectivity index (χ1n) is 3.94. The lowest BCUT2D eigenvalue weighted by molar-refractivity contribution is -0.128. The van der Waals surface area contributed by atoms with Crippen molar-refractivity contribution in [2.75, 3.05) is 0 Å². The van der Waals surface area contributed by atoms with Gasteiger partial charge in [0, 0.05) is 6.08 Å². The Kier molecular flexibility index (Phi) is 3.42. The highest BCUT2D eigenvalue weighted by Gasteiger charge is 2.16. The molecule has 1 rings (SSSR count). The van der Waals surface area contributed by atoms with Crippen molar-refractivity contribution in [1.82, 2.24) is 0 Å². The maximum Gasteiger partial charge on any atom is 0.356 e. The first-order valence-corrected chi connectivity index (χ1v) is 5.55. The Morgan fingerprint density at radius 2 is 1.87 bits per heavy atom. The topological polar surface area (TPSA) is 83.8 Å². The lowest BCUT2D eigenvalue weighted by Crippen LogP contribution is -2.06. The lowest BCUT2D eigenvalue weighted by atomic mass is 10.3. The highest BCUT2D eigenvalue weighted by atomic mass is 31.2. The third-order valence-electron chi connectivity index (χ3n) is 1.56. The van der Waals surface area contributed by atoms with Gasteiger partial charge in [0.15, 0.2) is 0 Å². The van der Waals surface area contributed by atoms with Crippen LogP contribution in [0.15, 0.2) is 36.9 Å². The van der Waals surface area contributed by atoms with E-state index in [1.54, 1.807) is 0 Å². The van der Waals surface area contributed by atoms with Gasteiger partial charge in [-0.1, -0.05) is 6.58 Å². The highest BCUT2D eigenvalue weighted by Crippen LogP contribution is 2.33. The normalized spacial score (nSPS) is 10.8. The van der Waals surface area contributed by atoms with Gasteiger partial charge < -0.3 is 14.5 Å². The number of rotatable bonds is 3. The fourth-order valence-corrected chi connectivity index (χ4v) is 1.40. The van der Waals surface area contributed by atoms with Crippen molar-refractivity contribution < 1.29 is 23.9 Å². The van der Waals surface area contributed by atoms with Crippen LogP contribution < -0.4 is 10.0 Å². The molecule has 2 N–H and O–H groups in total. The smallest absolute Gasteiger partial charge is 0.356 e. The second kappa shape index (κ2) is 4.40. The zero-order chi connectivity index (χ0) is 11.5. The minimum absolute atomic E-state index is 0.124. The molecule has 1 aromatic carbocycles. The van der Waals surface area contributed by atoms with Crippen LogP contribution in [-0.2, 0) is 9.36 Å².